The van der Waals surface area contributed by atoms with Crippen LogP contribution in [0.3, 0.4) is 0 Å². The molecule has 0 radical (unpaired) electrons. The fourth-order valence-electron chi connectivity index (χ4n) is 1.81. The van der Waals surface area contributed by atoms with E-state index in [1.807, 2.05) is 6.07 Å². The van der Waals surface area contributed by atoms with E-state index in [1.54, 1.807) is 31.2 Å². The second kappa shape index (κ2) is 7.84. The molecule has 0 bridgehead atoms. The molecule has 6 heteroatoms. The number of hydrazone groups is 1. The molecule has 0 unspecified atom stereocenters. The van der Waals surface area contributed by atoms with E-state index in [2.05, 4.69) is 15.8 Å². The quantitative estimate of drug-likeness (QED) is 0.658. The maximum absolute atomic E-state index is 12.8. The van der Waals surface area contributed by atoms with E-state index in [4.69, 9.17) is 0 Å². The summed E-state index contributed by atoms with van der Waals surface area (Å²) in [5.74, 6) is -1.01. The van der Waals surface area contributed by atoms with Crippen molar-refractivity contribution < 1.29 is 14.0 Å². The monoisotopic (exact) mass is 313 g/mol. The van der Waals surface area contributed by atoms with E-state index >= 15 is 0 Å². The van der Waals surface area contributed by atoms with Gasteiger partial charge < -0.3 is 5.32 Å². The lowest BCUT2D eigenvalue weighted by Gasteiger charge is -2.05. The highest BCUT2D eigenvalue weighted by molar-refractivity contribution is 6.06. The fraction of sp³-hybridized carbons (Fsp3) is 0.118. The Kier molecular flexibility index (Phi) is 5.57. The van der Waals surface area contributed by atoms with Gasteiger partial charge in [-0.1, -0.05) is 18.2 Å². The van der Waals surface area contributed by atoms with Crippen LogP contribution in [0.15, 0.2) is 59.7 Å². The number of anilines is 1. The van der Waals surface area contributed by atoms with Gasteiger partial charge >= 0.3 is 0 Å². The first kappa shape index (κ1) is 16.4. The lowest BCUT2D eigenvalue weighted by Crippen LogP contribution is -2.21. The molecule has 0 aliphatic carbocycles. The van der Waals surface area contributed by atoms with Gasteiger partial charge in [0.1, 0.15) is 5.82 Å². The normalized spacial score (nSPS) is 11.0. The summed E-state index contributed by atoms with van der Waals surface area (Å²) in [5.41, 5.74) is 3.83. The number of nitrogens with zero attached hydrogens (tertiary/aromatic N) is 1. The Morgan fingerprint density at radius 3 is 2.35 bits per heavy atom. The van der Waals surface area contributed by atoms with Crippen LogP contribution in [0.2, 0.25) is 0 Å². The zero-order valence-corrected chi connectivity index (χ0v) is 12.5. The molecule has 2 N–H and O–H groups in total. The second-order valence-corrected chi connectivity index (χ2v) is 4.89. The minimum Gasteiger partial charge on any atom is -0.326 e. The predicted octanol–water partition coefficient (Wildman–Crippen LogP) is 2.96. The number of benzene rings is 2. The van der Waals surface area contributed by atoms with Crippen molar-refractivity contribution >= 4 is 23.2 Å². The minimum atomic E-state index is -0.371. The van der Waals surface area contributed by atoms with E-state index in [-0.39, 0.29) is 24.1 Å². The van der Waals surface area contributed by atoms with Crippen LogP contribution in [-0.4, -0.2) is 17.5 Å². The van der Waals surface area contributed by atoms with Gasteiger partial charge in [-0.3, -0.25) is 9.59 Å². The molecule has 0 saturated heterocycles. The molecular formula is C17H16FN3O2. The Hall–Kier alpha value is -3.02. The average molecular weight is 313 g/mol. The molecule has 0 fully saturated rings. The Morgan fingerprint density at radius 2 is 1.70 bits per heavy atom. The van der Waals surface area contributed by atoms with Crippen molar-refractivity contribution in [1.29, 1.82) is 0 Å². The molecule has 2 amide bonds. The van der Waals surface area contributed by atoms with Gasteiger partial charge in [-0.2, -0.15) is 5.10 Å². The van der Waals surface area contributed by atoms with E-state index in [0.29, 0.717) is 17.0 Å². The number of carbonyl (C=O) groups excluding carboxylic acids is 2. The molecule has 2 rings (SSSR count). The molecule has 5 nitrogen and oxygen atoms in total. The lowest BCUT2D eigenvalue weighted by molar-refractivity contribution is -0.115. The summed E-state index contributed by atoms with van der Waals surface area (Å²) in [6.07, 6.45) is 0.0203. The lowest BCUT2D eigenvalue weighted by atomic mass is 10.2. The molecule has 0 saturated carbocycles. The van der Waals surface area contributed by atoms with E-state index < -0.39 is 0 Å². The van der Waals surface area contributed by atoms with Gasteiger partial charge in [-0.05, 0) is 43.3 Å². The average Bonchev–Trinajstić information content (AvgIpc) is 2.55. The number of hydrogen-bond donors (Lipinski definition) is 2. The third-order valence-electron chi connectivity index (χ3n) is 2.93. The smallest absolute Gasteiger partial charge is 0.271 e. The molecule has 2 aromatic rings. The van der Waals surface area contributed by atoms with Gasteiger partial charge in [0.2, 0.25) is 5.91 Å². The fourth-order valence-corrected chi connectivity index (χ4v) is 1.81. The molecule has 23 heavy (non-hydrogen) atoms. The van der Waals surface area contributed by atoms with Crippen molar-refractivity contribution in [3.63, 3.8) is 0 Å². The highest BCUT2D eigenvalue weighted by Crippen LogP contribution is 2.08. The number of halogens is 1. The van der Waals surface area contributed by atoms with Crippen LogP contribution < -0.4 is 10.7 Å². The van der Waals surface area contributed by atoms with E-state index in [9.17, 15) is 14.0 Å². The topological polar surface area (TPSA) is 70.6 Å². The zero-order chi connectivity index (χ0) is 16.7. The van der Waals surface area contributed by atoms with Gasteiger partial charge in [-0.15, -0.1) is 0 Å². The van der Waals surface area contributed by atoms with E-state index in [0.717, 1.165) is 0 Å². The first-order chi connectivity index (χ1) is 11.0. The SMILES string of the molecule is C/C(CC(=O)Nc1ccc(F)cc1)=N/NC(=O)c1ccccc1. The van der Waals surface area contributed by atoms with Gasteiger partial charge in [-0.25, -0.2) is 9.82 Å². The Morgan fingerprint density at radius 1 is 1.04 bits per heavy atom. The first-order valence-corrected chi connectivity index (χ1v) is 6.98. The Bertz CT molecular complexity index is 712. The summed E-state index contributed by atoms with van der Waals surface area (Å²) in [4.78, 5) is 23.6. The molecule has 2 aromatic carbocycles. The molecule has 0 aromatic heterocycles. The van der Waals surface area contributed by atoms with Gasteiger partial charge in [0.15, 0.2) is 0 Å². The van der Waals surface area contributed by atoms with Gasteiger partial charge in [0.05, 0.1) is 6.42 Å². The summed E-state index contributed by atoms with van der Waals surface area (Å²) in [6, 6.07) is 14.1. The maximum atomic E-state index is 12.8. The molecular weight excluding hydrogens is 297 g/mol. The minimum absolute atomic E-state index is 0.0203. The third-order valence-corrected chi connectivity index (χ3v) is 2.93. The van der Waals surface area contributed by atoms with Crippen LogP contribution in [0.1, 0.15) is 23.7 Å². The second-order valence-electron chi connectivity index (χ2n) is 4.89. The largest absolute Gasteiger partial charge is 0.326 e. The highest BCUT2D eigenvalue weighted by atomic mass is 19.1. The molecule has 0 aliphatic rings. The van der Waals surface area contributed by atoms with E-state index in [1.165, 1.54) is 24.3 Å². The van der Waals surface area contributed by atoms with Crippen molar-refractivity contribution in [1.82, 2.24) is 5.43 Å². The number of amides is 2. The summed E-state index contributed by atoms with van der Waals surface area (Å²) in [7, 11) is 0. The molecule has 0 spiro atoms. The van der Waals surface area contributed by atoms with Gasteiger partial charge in [0, 0.05) is 17.0 Å². The summed E-state index contributed by atoms with van der Waals surface area (Å²) < 4.78 is 12.8. The zero-order valence-electron chi connectivity index (χ0n) is 12.5. The van der Waals surface area contributed by atoms with Crippen LogP contribution in [0.4, 0.5) is 10.1 Å². The standard InChI is InChI=1S/C17H16FN3O2/c1-12(20-21-17(23)13-5-3-2-4-6-13)11-16(22)19-15-9-7-14(18)8-10-15/h2-10H,11H2,1H3,(H,19,22)(H,21,23)/b20-12-. The van der Waals surface area contributed by atoms with Crippen LogP contribution in [-0.2, 0) is 4.79 Å². The van der Waals surface area contributed by atoms with Crippen molar-refractivity contribution in [2.24, 2.45) is 5.10 Å². The highest BCUT2D eigenvalue weighted by Gasteiger charge is 2.06. The molecule has 0 aliphatic heterocycles. The van der Waals surface area contributed by atoms with Crippen LogP contribution >= 0.6 is 0 Å². The third kappa shape index (κ3) is 5.35. The Labute approximate surface area is 133 Å². The first-order valence-electron chi connectivity index (χ1n) is 6.98. The summed E-state index contributed by atoms with van der Waals surface area (Å²) in [5, 5.41) is 6.51. The summed E-state index contributed by atoms with van der Waals surface area (Å²) >= 11 is 0. The number of hydrogen-bond acceptors (Lipinski definition) is 3. The molecule has 0 heterocycles. The van der Waals surface area contributed by atoms with Crippen LogP contribution in [0.5, 0.6) is 0 Å². The van der Waals surface area contributed by atoms with Crippen molar-refractivity contribution in [2.45, 2.75) is 13.3 Å². The molecule has 118 valence electrons. The predicted molar refractivity (Wildman–Crippen MR) is 86.7 cm³/mol. The van der Waals surface area contributed by atoms with Crippen molar-refractivity contribution in [3.05, 3.63) is 66.0 Å². The van der Waals surface area contributed by atoms with Crippen molar-refractivity contribution in [2.75, 3.05) is 5.32 Å². The van der Waals surface area contributed by atoms with Crippen molar-refractivity contribution in [3.8, 4) is 0 Å². The molecule has 0 atom stereocenters. The maximum Gasteiger partial charge on any atom is 0.271 e. The summed E-state index contributed by atoms with van der Waals surface area (Å²) in [6.45, 7) is 1.63. The van der Waals surface area contributed by atoms with Crippen LogP contribution in [0, 0.1) is 5.82 Å². The van der Waals surface area contributed by atoms with Gasteiger partial charge in [0.25, 0.3) is 5.91 Å². The Balaban J connectivity index is 1.85. The number of carbonyl (C=O) groups is 2. The number of nitrogens with one attached hydrogen (secondary N) is 2. The number of rotatable bonds is 5. The van der Waals surface area contributed by atoms with Crippen LogP contribution in [0.25, 0.3) is 0 Å².